The van der Waals surface area contributed by atoms with Crippen molar-refractivity contribution in [3.05, 3.63) is 67.8 Å². The van der Waals surface area contributed by atoms with Gasteiger partial charge in [0.05, 0.1) is 23.1 Å². The average molecular weight is 386 g/mol. The quantitative estimate of drug-likeness (QED) is 0.618. The molecule has 0 unspecified atom stereocenters. The number of carbonyl (C=O) groups excluding carboxylic acids is 1. The maximum atomic E-state index is 12.4. The molecule has 0 atom stereocenters. The highest BCUT2D eigenvalue weighted by Crippen LogP contribution is 2.32. The molecule has 0 aromatic heterocycles. The van der Waals surface area contributed by atoms with Crippen molar-refractivity contribution in [3.63, 3.8) is 0 Å². The van der Waals surface area contributed by atoms with Crippen LogP contribution >= 0.6 is 0 Å². The van der Waals surface area contributed by atoms with E-state index in [0.717, 1.165) is 0 Å². The van der Waals surface area contributed by atoms with Crippen LogP contribution in [0, 0.1) is 27.2 Å². The number of nitrogens with one attached hydrogen (secondary N) is 1. The summed E-state index contributed by atoms with van der Waals surface area (Å²) in [5, 5.41) is 25.1. The number of amides is 1. The fourth-order valence-electron chi connectivity index (χ4n) is 2.97. The van der Waals surface area contributed by atoms with Crippen molar-refractivity contribution < 1.29 is 19.4 Å². The predicted molar refractivity (Wildman–Crippen MR) is 102 cm³/mol. The number of carbonyl (C=O) groups is 1. The molecule has 1 N–H and O–H groups in total. The van der Waals surface area contributed by atoms with Gasteiger partial charge in [0.1, 0.15) is 5.69 Å². The molecule has 2 aromatic carbocycles. The van der Waals surface area contributed by atoms with Gasteiger partial charge in [-0.3, -0.25) is 25.0 Å². The SMILES string of the molecule is Cc1ccc(C(=O)Nc2ccc(N3CCOCC3)c([N+](=O)[O-])c2)cc1[N+](=O)[O-]. The minimum atomic E-state index is -0.587. The number of benzene rings is 2. The Balaban J connectivity index is 1.85. The van der Waals surface area contributed by atoms with Gasteiger partial charge in [-0.25, -0.2) is 0 Å². The fourth-order valence-corrected chi connectivity index (χ4v) is 2.97. The summed E-state index contributed by atoms with van der Waals surface area (Å²) in [6.45, 7) is 3.64. The molecular weight excluding hydrogens is 368 g/mol. The van der Waals surface area contributed by atoms with E-state index in [9.17, 15) is 25.0 Å². The maximum Gasteiger partial charge on any atom is 0.294 e. The zero-order chi connectivity index (χ0) is 20.3. The van der Waals surface area contributed by atoms with E-state index in [0.29, 0.717) is 37.6 Å². The Hall–Kier alpha value is -3.53. The second-order valence-electron chi connectivity index (χ2n) is 6.27. The lowest BCUT2D eigenvalue weighted by Crippen LogP contribution is -2.36. The van der Waals surface area contributed by atoms with E-state index in [4.69, 9.17) is 4.74 Å². The van der Waals surface area contributed by atoms with E-state index < -0.39 is 15.8 Å². The number of hydrogen-bond donors (Lipinski definition) is 1. The Morgan fingerprint density at radius 3 is 2.36 bits per heavy atom. The van der Waals surface area contributed by atoms with Crippen LogP contribution in [-0.4, -0.2) is 42.1 Å². The molecule has 0 saturated carbocycles. The summed E-state index contributed by atoms with van der Waals surface area (Å²) in [4.78, 5) is 35.8. The number of anilines is 2. The van der Waals surface area contributed by atoms with Gasteiger partial charge < -0.3 is 15.0 Å². The van der Waals surface area contributed by atoms with Crippen LogP contribution in [0.2, 0.25) is 0 Å². The number of nitrogens with zero attached hydrogens (tertiary/aromatic N) is 3. The lowest BCUT2D eigenvalue weighted by molar-refractivity contribution is -0.385. The number of rotatable bonds is 5. The van der Waals surface area contributed by atoms with E-state index in [1.807, 2.05) is 4.90 Å². The van der Waals surface area contributed by atoms with Crippen molar-refractivity contribution in [2.24, 2.45) is 0 Å². The van der Waals surface area contributed by atoms with Crippen molar-refractivity contribution in [3.8, 4) is 0 Å². The van der Waals surface area contributed by atoms with Crippen LogP contribution in [0.5, 0.6) is 0 Å². The number of aryl methyl sites for hydroxylation is 1. The first-order chi connectivity index (χ1) is 13.4. The summed E-state index contributed by atoms with van der Waals surface area (Å²) in [7, 11) is 0. The molecule has 1 aliphatic heterocycles. The highest BCUT2D eigenvalue weighted by Gasteiger charge is 2.23. The maximum absolute atomic E-state index is 12.4. The summed E-state index contributed by atoms with van der Waals surface area (Å²) >= 11 is 0. The summed E-state index contributed by atoms with van der Waals surface area (Å²) < 4.78 is 5.27. The summed E-state index contributed by atoms with van der Waals surface area (Å²) in [5.74, 6) is -0.587. The molecule has 1 aliphatic rings. The van der Waals surface area contributed by atoms with Crippen LogP contribution in [0.4, 0.5) is 22.7 Å². The van der Waals surface area contributed by atoms with Crippen LogP contribution in [0.1, 0.15) is 15.9 Å². The zero-order valence-corrected chi connectivity index (χ0v) is 15.1. The van der Waals surface area contributed by atoms with Crippen molar-refractivity contribution in [1.29, 1.82) is 0 Å². The van der Waals surface area contributed by atoms with Gasteiger partial charge in [0.25, 0.3) is 17.3 Å². The molecule has 10 nitrogen and oxygen atoms in total. The van der Waals surface area contributed by atoms with Crippen LogP contribution in [0.15, 0.2) is 36.4 Å². The first kappa shape index (κ1) is 19.2. The molecule has 1 saturated heterocycles. The molecule has 1 fully saturated rings. The van der Waals surface area contributed by atoms with Crippen LogP contribution < -0.4 is 10.2 Å². The van der Waals surface area contributed by atoms with E-state index in [2.05, 4.69) is 5.32 Å². The molecule has 3 rings (SSSR count). The van der Waals surface area contributed by atoms with Gasteiger partial charge in [-0.1, -0.05) is 6.07 Å². The molecular formula is C18H18N4O6. The van der Waals surface area contributed by atoms with Gasteiger partial charge >= 0.3 is 0 Å². The van der Waals surface area contributed by atoms with Crippen molar-refractivity contribution in [2.45, 2.75) is 6.92 Å². The molecule has 0 spiro atoms. The lowest BCUT2D eigenvalue weighted by atomic mass is 10.1. The Morgan fingerprint density at radius 2 is 1.71 bits per heavy atom. The van der Waals surface area contributed by atoms with E-state index >= 15 is 0 Å². The Labute approximate surface area is 160 Å². The summed E-state index contributed by atoms with van der Waals surface area (Å²) in [6.07, 6.45) is 0. The molecule has 0 aliphatic carbocycles. The lowest BCUT2D eigenvalue weighted by Gasteiger charge is -2.28. The zero-order valence-electron chi connectivity index (χ0n) is 15.1. The monoisotopic (exact) mass is 386 g/mol. The first-order valence-corrected chi connectivity index (χ1v) is 8.54. The third kappa shape index (κ3) is 4.07. The van der Waals surface area contributed by atoms with Crippen LogP contribution in [-0.2, 0) is 4.74 Å². The minimum absolute atomic E-state index is 0.0946. The van der Waals surface area contributed by atoms with Crippen molar-refractivity contribution in [1.82, 2.24) is 0 Å². The molecule has 1 amide bonds. The normalized spacial score (nSPS) is 13.8. The van der Waals surface area contributed by atoms with Gasteiger partial charge in [-0.2, -0.15) is 0 Å². The summed E-state index contributed by atoms with van der Waals surface area (Å²) in [5.41, 5.74) is 0.925. The van der Waals surface area contributed by atoms with E-state index in [1.165, 1.54) is 24.3 Å². The Kier molecular flexibility index (Phi) is 5.50. The molecule has 10 heteroatoms. The number of nitro groups is 2. The summed E-state index contributed by atoms with van der Waals surface area (Å²) in [6, 6.07) is 8.56. The number of ether oxygens (including phenoxy) is 1. The second-order valence-corrected chi connectivity index (χ2v) is 6.27. The van der Waals surface area contributed by atoms with Gasteiger partial charge in [0.2, 0.25) is 0 Å². The standard InChI is InChI=1S/C18H18N4O6/c1-12-2-3-13(10-16(12)21(24)25)18(23)19-14-4-5-15(17(11-14)22(26)27)20-6-8-28-9-7-20/h2-5,10-11H,6-9H2,1H3,(H,19,23). The average Bonchev–Trinajstić information content (AvgIpc) is 2.68. The highest BCUT2D eigenvalue weighted by atomic mass is 16.6. The van der Waals surface area contributed by atoms with Crippen molar-refractivity contribution >= 4 is 28.7 Å². The highest BCUT2D eigenvalue weighted by molar-refractivity contribution is 6.05. The van der Waals surface area contributed by atoms with Gasteiger partial charge in [0, 0.05) is 42.0 Å². The third-order valence-electron chi connectivity index (χ3n) is 4.45. The topological polar surface area (TPSA) is 128 Å². The minimum Gasteiger partial charge on any atom is -0.378 e. The van der Waals surface area contributed by atoms with Crippen molar-refractivity contribution in [2.75, 3.05) is 36.5 Å². The van der Waals surface area contributed by atoms with Crippen LogP contribution in [0.25, 0.3) is 0 Å². The number of nitro benzene ring substituents is 2. The molecule has 0 radical (unpaired) electrons. The first-order valence-electron chi connectivity index (χ1n) is 8.54. The smallest absolute Gasteiger partial charge is 0.294 e. The number of morpholine rings is 1. The largest absolute Gasteiger partial charge is 0.378 e. The van der Waals surface area contributed by atoms with E-state index in [-0.39, 0.29) is 22.6 Å². The molecule has 146 valence electrons. The van der Waals surface area contributed by atoms with Gasteiger partial charge in [0.15, 0.2) is 0 Å². The molecule has 0 bridgehead atoms. The third-order valence-corrected chi connectivity index (χ3v) is 4.45. The second kappa shape index (κ2) is 8.01. The fraction of sp³-hybridized carbons (Fsp3) is 0.278. The molecule has 2 aromatic rings. The van der Waals surface area contributed by atoms with Gasteiger partial charge in [-0.15, -0.1) is 0 Å². The van der Waals surface area contributed by atoms with Crippen LogP contribution in [0.3, 0.4) is 0 Å². The molecule has 28 heavy (non-hydrogen) atoms. The predicted octanol–water partition coefficient (Wildman–Crippen LogP) is 2.90. The molecule has 1 heterocycles. The van der Waals surface area contributed by atoms with E-state index in [1.54, 1.807) is 19.1 Å². The Bertz CT molecular complexity index is 940. The van der Waals surface area contributed by atoms with Gasteiger partial charge in [-0.05, 0) is 25.1 Å². The Morgan fingerprint density at radius 1 is 1.04 bits per heavy atom. The number of hydrogen-bond acceptors (Lipinski definition) is 7.